The number of nitrogens with one attached hydrogen (secondary N) is 2. The molecule has 0 fully saturated rings. The van der Waals surface area contributed by atoms with Gasteiger partial charge in [-0.2, -0.15) is 0 Å². The fourth-order valence-corrected chi connectivity index (χ4v) is 1.48. The van der Waals surface area contributed by atoms with Gasteiger partial charge in [0.2, 0.25) is 11.8 Å². The SMILES string of the molecule is CCOc1ccccc1OCCCC(=O)NNC(C)=O. The molecule has 0 aromatic heterocycles. The van der Waals surface area contributed by atoms with E-state index in [0.717, 1.165) is 0 Å². The number of para-hydroxylation sites is 2. The fourth-order valence-electron chi connectivity index (χ4n) is 1.48. The lowest BCUT2D eigenvalue weighted by Crippen LogP contribution is -2.40. The first-order valence-electron chi connectivity index (χ1n) is 6.53. The first-order valence-corrected chi connectivity index (χ1v) is 6.53. The van der Waals surface area contributed by atoms with Crippen LogP contribution in [0.1, 0.15) is 26.7 Å². The molecule has 0 saturated carbocycles. The summed E-state index contributed by atoms with van der Waals surface area (Å²) in [6.45, 7) is 4.20. The van der Waals surface area contributed by atoms with Crippen LogP contribution in [0, 0.1) is 0 Å². The van der Waals surface area contributed by atoms with Gasteiger partial charge in [-0.05, 0) is 25.5 Å². The van der Waals surface area contributed by atoms with E-state index in [9.17, 15) is 9.59 Å². The maximum absolute atomic E-state index is 11.3. The number of hydrogen-bond acceptors (Lipinski definition) is 4. The van der Waals surface area contributed by atoms with E-state index in [-0.39, 0.29) is 18.2 Å². The molecule has 0 saturated heterocycles. The highest BCUT2D eigenvalue weighted by atomic mass is 16.5. The molecule has 0 atom stereocenters. The van der Waals surface area contributed by atoms with Crippen LogP contribution < -0.4 is 20.3 Å². The van der Waals surface area contributed by atoms with Gasteiger partial charge in [-0.3, -0.25) is 20.4 Å². The van der Waals surface area contributed by atoms with Gasteiger partial charge in [-0.25, -0.2) is 0 Å². The Balaban J connectivity index is 2.27. The van der Waals surface area contributed by atoms with Crippen LogP contribution in [0.2, 0.25) is 0 Å². The number of hydrazine groups is 1. The minimum atomic E-state index is -0.305. The minimum Gasteiger partial charge on any atom is -0.490 e. The molecule has 2 amide bonds. The van der Waals surface area contributed by atoms with E-state index in [1.165, 1.54) is 6.92 Å². The maximum atomic E-state index is 11.3. The largest absolute Gasteiger partial charge is 0.490 e. The molecule has 20 heavy (non-hydrogen) atoms. The van der Waals surface area contributed by atoms with Gasteiger partial charge in [0.25, 0.3) is 0 Å². The van der Waals surface area contributed by atoms with E-state index < -0.39 is 0 Å². The van der Waals surface area contributed by atoms with Gasteiger partial charge in [0.15, 0.2) is 11.5 Å². The number of amides is 2. The number of carbonyl (C=O) groups excluding carboxylic acids is 2. The Kier molecular flexibility index (Phi) is 6.95. The molecule has 1 aromatic rings. The summed E-state index contributed by atoms with van der Waals surface area (Å²) >= 11 is 0. The van der Waals surface area contributed by atoms with Crippen LogP contribution in [0.3, 0.4) is 0 Å². The molecular formula is C14H20N2O4. The summed E-state index contributed by atoms with van der Waals surface area (Å²) in [6, 6.07) is 7.39. The lowest BCUT2D eigenvalue weighted by Gasteiger charge is -2.11. The lowest BCUT2D eigenvalue weighted by atomic mass is 10.3. The molecular weight excluding hydrogens is 260 g/mol. The van der Waals surface area contributed by atoms with E-state index in [0.29, 0.717) is 31.1 Å². The third kappa shape index (κ3) is 6.08. The van der Waals surface area contributed by atoms with Crippen LogP contribution in [-0.4, -0.2) is 25.0 Å². The summed E-state index contributed by atoms with van der Waals surface area (Å²) < 4.78 is 11.0. The quantitative estimate of drug-likeness (QED) is 0.585. The molecule has 1 rings (SSSR count). The van der Waals surface area contributed by atoms with Crippen LogP contribution in [0.4, 0.5) is 0 Å². The zero-order valence-corrected chi connectivity index (χ0v) is 11.8. The summed E-state index contributed by atoms with van der Waals surface area (Å²) in [7, 11) is 0. The highest BCUT2D eigenvalue weighted by Gasteiger charge is 2.05. The first-order chi connectivity index (χ1) is 9.63. The molecule has 6 heteroatoms. The van der Waals surface area contributed by atoms with Crippen LogP contribution in [-0.2, 0) is 9.59 Å². The van der Waals surface area contributed by atoms with Gasteiger partial charge in [0.1, 0.15) is 0 Å². The molecule has 0 aliphatic heterocycles. The van der Waals surface area contributed by atoms with Crippen LogP contribution in [0.25, 0.3) is 0 Å². The second-order valence-electron chi connectivity index (χ2n) is 4.06. The zero-order valence-electron chi connectivity index (χ0n) is 11.8. The fraction of sp³-hybridized carbons (Fsp3) is 0.429. The van der Waals surface area contributed by atoms with Crippen LogP contribution in [0.15, 0.2) is 24.3 Å². The van der Waals surface area contributed by atoms with Gasteiger partial charge in [-0.15, -0.1) is 0 Å². The molecule has 2 N–H and O–H groups in total. The van der Waals surface area contributed by atoms with Crippen molar-refractivity contribution in [1.82, 2.24) is 10.9 Å². The molecule has 0 radical (unpaired) electrons. The molecule has 0 heterocycles. The van der Waals surface area contributed by atoms with Crippen molar-refractivity contribution in [2.45, 2.75) is 26.7 Å². The number of ether oxygens (including phenoxy) is 2. The van der Waals surface area contributed by atoms with Crippen molar-refractivity contribution in [2.75, 3.05) is 13.2 Å². The number of rotatable bonds is 7. The molecule has 0 spiro atoms. The smallest absolute Gasteiger partial charge is 0.238 e. The predicted octanol–water partition coefficient (Wildman–Crippen LogP) is 1.41. The van der Waals surface area contributed by atoms with Crippen molar-refractivity contribution < 1.29 is 19.1 Å². The Hall–Kier alpha value is -2.24. The molecule has 0 unspecified atom stereocenters. The highest BCUT2D eigenvalue weighted by molar-refractivity contribution is 5.80. The summed E-state index contributed by atoms with van der Waals surface area (Å²) in [5.41, 5.74) is 4.52. The Morgan fingerprint density at radius 2 is 1.75 bits per heavy atom. The Morgan fingerprint density at radius 3 is 2.35 bits per heavy atom. The Labute approximate surface area is 118 Å². The van der Waals surface area contributed by atoms with E-state index in [4.69, 9.17) is 9.47 Å². The van der Waals surface area contributed by atoms with Gasteiger partial charge < -0.3 is 9.47 Å². The molecule has 0 aliphatic carbocycles. The summed E-state index contributed by atoms with van der Waals surface area (Å²) in [5.74, 6) is 0.802. The average molecular weight is 280 g/mol. The highest BCUT2D eigenvalue weighted by Crippen LogP contribution is 2.26. The summed E-state index contributed by atoms with van der Waals surface area (Å²) in [5, 5.41) is 0. The van der Waals surface area contributed by atoms with Crippen LogP contribution >= 0.6 is 0 Å². The predicted molar refractivity (Wildman–Crippen MR) is 74.3 cm³/mol. The molecule has 0 bridgehead atoms. The van der Waals surface area contributed by atoms with Gasteiger partial charge in [-0.1, -0.05) is 12.1 Å². The van der Waals surface area contributed by atoms with Gasteiger partial charge >= 0.3 is 0 Å². The van der Waals surface area contributed by atoms with E-state index in [1.807, 2.05) is 31.2 Å². The Bertz CT molecular complexity index is 449. The summed E-state index contributed by atoms with van der Waals surface area (Å²) in [4.78, 5) is 21.9. The van der Waals surface area contributed by atoms with Gasteiger partial charge in [0.05, 0.1) is 13.2 Å². The standard InChI is InChI=1S/C14H20N2O4/c1-3-19-12-7-4-5-8-13(12)20-10-6-9-14(18)16-15-11(2)17/h4-5,7-8H,3,6,9-10H2,1-2H3,(H,15,17)(H,16,18). The second kappa shape index (κ2) is 8.79. The van der Waals surface area contributed by atoms with Crippen LogP contribution in [0.5, 0.6) is 11.5 Å². The third-order valence-electron chi connectivity index (χ3n) is 2.33. The maximum Gasteiger partial charge on any atom is 0.238 e. The first kappa shape index (κ1) is 15.8. The molecule has 0 aliphatic rings. The Morgan fingerprint density at radius 1 is 1.10 bits per heavy atom. The van der Waals surface area contributed by atoms with E-state index in [2.05, 4.69) is 10.9 Å². The second-order valence-corrected chi connectivity index (χ2v) is 4.06. The topological polar surface area (TPSA) is 76.7 Å². The monoisotopic (exact) mass is 280 g/mol. The number of carbonyl (C=O) groups is 2. The van der Waals surface area contributed by atoms with Crippen molar-refractivity contribution in [3.63, 3.8) is 0 Å². The summed E-state index contributed by atoms with van der Waals surface area (Å²) in [6.07, 6.45) is 0.822. The van der Waals surface area contributed by atoms with Crippen molar-refractivity contribution in [2.24, 2.45) is 0 Å². The van der Waals surface area contributed by atoms with Crippen molar-refractivity contribution >= 4 is 11.8 Å². The third-order valence-corrected chi connectivity index (χ3v) is 2.33. The van der Waals surface area contributed by atoms with E-state index >= 15 is 0 Å². The molecule has 110 valence electrons. The average Bonchev–Trinajstić information content (AvgIpc) is 2.43. The van der Waals surface area contributed by atoms with Crippen molar-refractivity contribution in [1.29, 1.82) is 0 Å². The number of hydrogen-bond donors (Lipinski definition) is 2. The lowest BCUT2D eigenvalue weighted by molar-refractivity contribution is -0.127. The van der Waals surface area contributed by atoms with Crippen molar-refractivity contribution in [3.05, 3.63) is 24.3 Å². The van der Waals surface area contributed by atoms with Gasteiger partial charge in [0, 0.05) is 13.3 Å². The normalized spacial score (nSPS) is 9.70. The molecule has 6 nitrogen and oxygen atoms in total. The molecule has 1 aromatic carbocycles. The number of benzene rings is 1. The van der Waals surface area contributed by atoms with Crippen molar-refractivity contribution in [3.8, 4) is 11.5 Å². The minimum absolute atomic E-state index is 0.248. The zero-order chi connectivity index (χ0) is 14.8. The van der Waals surface area contributed by atoms with E-state index in [1.54, 1.807) is 0 Å².